The highest BCUT2D eigenvalue weighted by atomic mass is 19.1. The Kier molecular flexibility index (Phi) is 4.70. The molecule has 0 saturated heterocycles. The Hall–Kier alpha value is -2.89. The van der Waals surface area contributed by atoms with E-state index in [-0.39, 0.29) is 30.6 Å². The van der Waals surface area contributed by atoms with Crippen molar-refractivity contribution < 1.29 is 18.7 Å². The van der Waals surface area contributed by atoms with Crippen LogP contribution in [0.5, 0.6) is 5.75 Å². The maximum atomic E-state index is 13.0. The first-order valence-corrected chi connectivity index (χ1v) is 7.97. The van der Waals surface area contributed by atoms with Gasteiger partial charge in [-0.2, -0.15) is 0 Å². The van der Waals surface area contributed by atoms with Crippen LogP contribution in [0, 0.1) is 5.82 Å². The lowest BCUT2D eigenvalue weighted by Gasteiger charge is -2.35. The van der Waals surface area contributed by atoms with Crippen molar-refractivity contribution in [3.63, 3.8) is 0 Å². The molecule has 3 rings (SSSR count). The van der Waals surface area contributed by atoms with Gasteiger partial charge in [-0.3, -0.25) is 9.59 Å². The molecular weight excluding hydrogens is 323 g/mol. The zero-order valence-corrected chi connectivity index (χ0v) is 14.1. The summed E-state index contributed by atoms with van der Waals surface area (Å²) in [4.78, 5) is 28.1. The SMILES string of the molecule is CN(C)C(=O)[C@@H]1CN(C(=O)Cc2ccc(F)cc2)c2ccccc2O1. The van der Waals surface area contributed by atoms with Crippen molar-refractivity contribution in [3.05, 3.63) is 59.9 Å². The summed E-state index contributed by atoms with van der Waals surface area (Å²) in [6, 6.07) is 13.0. The van der Waals surface area contributed by atoms with Crippen LogP contribution in [-0.2, 0) is 16.0 Å². The van der Waals surface area contributed by atoms with E-state index in [1.807, 2.05) is 6.07 Å². The van der Waals surface area contributed by atoms with Crippen LogP contribution >= 0.6 is 0 Å². The number of hydrogen-bond donors (Lipinski definition) is 0. The molecule has 2 aromatic rings. The van der Waals surface area contributed by atoms with Gasteiger partial charge in [0.15, 0.2) is 6.10 Å². The quantitative estimate of drug-likeness (QED) is 0.860. The predicted octanol–water partition coefficient (Wildman–Crippen LogP) is 2.25. The third-order valence-corrected chi connectivity index (χ3v) is 4.06. The number of amides is 2. The van der Waals surface area contributed by atoms with Gasteiger partial charge in [0.2, 0.25) is 5.91 Å². The van der Waals surface area contributed by atoms with Crippen molar-refractivity contribution in [2.24, 2.45) is 0 Å². The average molecular weight is 342 g/mol. The highest BCUT2D eigenvalue weighted by molar-refractivity contribution is 5.98. The molecule has 0 fully saturated rings. The van der Waals surface area contributed by atoms with Gasteiger partial charge in [-0.05, 0) is 29.8 Å². The van der Waals surface area contributed by atoms with Gasteiger partial charge in [-0.15, -0.1) is 0 Å². The second kappa shape index (κ2) is 6.93. The van der Waals surface area contributed by atoms with Crippen molar-refractivity contribution in [1.29, 1.82) is 0 Å². The molecule has 0 unspecified atom stereocenters. The Bertz CT molecular complexity index is 790. The summed E-state index contributed by atoms with van der Waals surface area (Å²) in [7, 11) is 3.30. The molecule has 0 radical (unpaired) electrons. The van der Waals surface area contributed by atoms with E-state index in [2.05, 4.69) is 0 Å². The predicted molar refractivity (Wildman–Crippen MR) is 92.0 cm³/mol. The number of carbonyl (C=O) groups is 2. The monoisotopic (exact) mass is 342 g/mol. The molecule has 2 aromatic carbocycles. The van der Waals surface area contributed by atoms with Gasteiger partial charge in [0.1, 0.15) is 11.6 Å². The summed E-state index contributed by atoms with van der Waals surface area (Å²) in [6.45, 7) is 0.147. The standard InChI is InChI=1S/C19H19FN2O3/c1-21(2)19(24)17-12-22(15-5-3-4-6-16(15)25-17)18(23)11-13-7-9-14(20)10-8-13/h3-10,17H,11-12H2,1-2H3/t17-/m0/s1. The van der Waals surface area contributed by atoms with Crippen LogP contribution in [0.15, 0.2) is 48.5 Å². The molecule has 0 bridgehead atoms. The molecule has 0 aliphatic carbocycles. The number of benzene rings is 2. The number of para-hydroxylation sites is 2. The Morgan fingerprint density at radius 1 is 1.16 bits per heavy atom. The molecule has 130 valence electrons. The van der Waals surface area contributed by atoms with Crippen LogP contribution < -0.4 is 9.64 Å². The number of fused-ring (bicyclic) bond motifs is 1. The molecule has 5 nitrogen and oxygen atoms in total. The smallest absolute Gasteiger partial charge is 0.265 e. The number of rotatable bonds is 3. The van der Waals surface area contributed by atoms with Crippen LogP contribution in [0.4, 0.5) is 10.1 Å². The van der Waals surface area contributed by atoms with Crippen LogP contribution in [0.2, 0.25) is 0 Å². The Morgan fingerprint density at radius 2 is 1.84 bits per heavy atom. The number of hydrogen-bond acceptors (Lipinski definition) is 3. The highest BCUT2D eigenvalue weighted by Gasteiger charge is 2.34. The lowest BCUT2D eigenvalue weighted by Crippen LogP contribution is -2.50. The fourth-order valence-corrected chi connectivity index (χ4v) is 2.76. The largest absolute Gasteiger partial charge is 0.476 e. The van der Waals surface area contributed by atoms with Gasteiger partial charge in [0.25, 0.3) is 5.91 Å². The average Bonchev–Trinajstić information content (AvgIpc) is 2.61. The van der Waals surface area contributed by atoms with Gasteiger partial charge in [-0.25, -0.2) is 4.39 Å². The van der Waals surface area contributed by atoms with Crippen molar-refractivity contribution in [3.8, 4) is 5.75 Å². The third kappa shape index (κ3) is 3.63. The molecule has 1 atom stereocenters. The van der Waals surface area contributed by atoms with E-state index < -0.39 is 6.10 Å². The van der Waals surface area contributed by atoms with Crippen molar-refractivity contribution in [2.45, 2.75) is 12.5 Å². The number of anilines is 1. The van der Waals surface area contributed by atoms with Crippen LogP contribution in [0.3, 0.4) is 0 Å². The number of halogens is 1. The molecule has 0 N–H and O–H groups in total. The fourth-order valence-electron chi connectivity index (χ4n) is 2.76. The second-order valence-electron chi connectivity index (χ2n) is 6.11. The zero-order chi connectivity index (χ0) is 18.0. The van der Waals surface area contributed by atoms with Crippen molar-refractivity contribution >= 4 is 17.5 Å². The van der Waals surface area contributed by atoms with Gasteiger partial charge < -0.3 is 14.5 Å². The molecule has 1 aliphatic rings. The van der Waals surface area contributed by atoms with E-state index in [9.17, 15) is 14.0 Å². The van der Waals surface area contributed by atoms with Gasteiger partial charge >= 0.3 is 0 Å². The van der Waals surface area contributed by atoms with Crippen LogP contribution in [0.25, 0.3) is 0 Å². The molecule has 0 spiro atoms. The molecule has 2 amide bonds. The van der Waals surface area contributed by atoms with Crippen LogP contribution in [-0.4, -0.2) is 43.5 Å². The maximum Gasteiger partial charge on any atom is 0.265 e. The van der Waals surface area contributed by atoms with Gasteiger partial charge in [-0.1, -0.05) is 24.3 Å². The molecule has 0 saturated carbocycles. The topological polar surface area (TPSA) is 49.9 Å². The molecule has 1 aliphatic heterocycles. The third-order valence-electron chi connectivity index (χ3n) is 4.06. The number of carbonyl (C=O) groups excluding carboxylic acids is 2. The number of ether oxygens (including phenoxy) is 1. The maximum absolute atomic E-state index is 13.0. The molecule has 25 heavy (non-hydrogen) atoms. The van der Waals surface area contributed by atoms with Crippen molar-refractivity contribution in [1.82, 2.24) is 4.90 Å². The lowest BCUT2D eigenvalue weighted by molar-refractivity contribution is -0.136. The first kappa shape index (κ1) is 17.0. The van der Waals surface area contributed by atoms with Gasteiger partial charge in [0.05, 0.1) is 18.7 Å². The molecule has 1 heterocycles. The Morgan fingerprint density at radius 3 is 2.52 bits per heavy atom. The normalized spacial score (nSPS) is 16.0. The first-order chi connectivity index (χ1) is 12.0. The summed E-state index contributed by atoms with van der Waals surface area (Å²) in [6.07, 6.45) is -0.626. The van der Waals surface area contributed by atoms with E-state index in [4.69, 9.17) is 4.74 Å². The number of nitrogens with zero attached hydrogens (tertiary/aromatic N) is 2. The van der Waals surface area contributed by atoms with Crippen molar-refractivity contribution in [2.75, 3.05) is 25.5 Å². The Labute approximate surface area is 145 Å². The summed E-state index contributed by atoms with van der Waals surface area (Å²) in [5, 5.41) is 0. The first-order valence-electron chi connectivity index (χ1n) is 7.97. The highest BCUT2D eigenvalue weighted by Crippen LogP contribution is 2.33. The van der Waals surface area contributed by atoms with E-state index >= 15 is 0 Å². The lowest BCUT2D eigenvalue weighted by atomic mass is 10.1. The van der Waals surface area contributed by atoms with Gasteiger partial charge in [0, 0.05) is 14.1 Å². The van der Waals surface area contributed by atoms with E-state index in [0.29, 0.717) is 17.0 Å². The summed E-state index contributed by atoms with van der Waals surface area (Å²) < 4.78 is 18.8. The minimum Gasteiger partial charge on any atom is -0.476 e. The fraction of sp³-hybridized carbons (Fsp3) is 0.263. The summed E-state index contributed by atoms with van der Waals surface area (Å²) >= 11 is 0. The van der Waals surface area contributed by atoms with E-state index in [1.54, 1.807) is 49.3 Å². The summed E-state index contributed by atoms with van der Waals surface area (Å²) in [5.74, 6) is -0.209. The summed E-state index contributed by atoms with van der Waals surface area (Å²) in [5.41, 5.74) is 1.35. The molecule has 6 heteroatoms. The molecule has 0 aromatic heterocycles. The van der Waals surface area contributed by atoms with E-state index in [1.165, 1.54) is 17.0 Å². The minimum atomic E-state index is -0.748. The molecular formula is C19H19FN2O3. The zero-order valence-electron chi connectivity index (χ0n) is 14.1. The second-order valence-corrected chi connectivity index (χ2v) is 6.11. The number of likely N-dealkylation sites (N-methyl/N-ethyl adjacent to an activating group) is 1. The Balaban J connectivity index is 1.86. The minimum absolute atomic E-state index is 0.123. The van der Waals surface area contributed by atoms with E-state index in [0.717, 1.165) is 0 Å². The van der Waals surface area contributed by atoms with Crippen LogP contribution in [0.1, 0.15) is 5.56 Å².